The van der Waals surface area contributed by atoms with Gasteiger partial charge in [0, 0.05) is 31.4 Å². The van der Waals surface area contributed by atoms with Gasteiger partial charge in [-0.3, -0.25) is 0 Å². The summed E-state index contributed by atoms with van der Waals surface area (Å²) in [4.78, 5) is 11.5. The quantitative estimate of drug-likeness (QED) is 0.888. The molecule has 122 valence electrons. The summed E-state index contributed by atoms with van der Waals surface area (Å²) < 4.78 is 5.39. The van der Waals surface area contributed by atoms with E-state index in [1.54, 1.807) is 7.11 Å². The minimum Gasteiger partial charge on any atom is -0.496 e. The van der Waals surface area contributed by atoms with Gasteiger partial charge in [-0.05, 0) is 37.8 Å². The number of aryl methyl sites for hydroxylation is 1. The van der Waals surface area contributed by atoms with Gasteiger partial charge in [0.05, 0.1) is 7.11 Å². The SMILES string of the molecule is COc1ccccc1CCNc1cc(C)nc(N2CCCC2)n1. The Morgan fingerprint density at radius 2 is 1.96 bits per heavy atom. The lowest BCUT2D eigenvalue weighted by atomic mass is 10.1. The van der Waals surface area contributed by atoms with Gasteiger partial charge in [-0.25, -0.2) is 4.98 Å². The van der Waals surface area contributed by atoms with Gasteiger partial charge >= 0.3 is 0 Å². The smallest absolute Gasteiger partial charge is 0.227 e. The van der Waals surface area contributed by atoms with E-state index in [2.05, 4.69) is 26.3 Å². The Balaban J connectivity index is 1.63. The second-order valence-corrected chi connectivity index (χ2v) is 5.88. The first-order chi connectivity index (χ1) is 11.3. The van der Waals surface area contributed by atoms with E-state index in [0.717, 1.165) is 49.3 Å². The molecule has 0 unspecified atom stereocenters. The Morgan fingerprint density at radius 1 is 1.17 bits per heavy atom. The van der Waals surface area contributed by atoms with E-state index in [0.29, 0.717) is 0 Å². The number of hydrogen-bond donors (Lipinski definition) is 1. The summed E-state index contributed by atoms with van der Waals surface area (Å²) in [6, 6.07) is 10.1. The topological polar surface area (TPSA) is 50.3 Å². The number of rotatable bonds is 6. The fourth-order valence-electron chi connectivity index (χ4n) is 2.94. The molecule has 0 amide bonds. The van der Waals surface area contributed by atoms with Crippen LogP contribution < -0.4 is 15.0 Å². The Morgan fingerprint density at radius 3 is 2.74 bits per heavy atom. The predicted octanol–water partition coefficient (Wildman–Crippen LogP) is 3.05. The zero-order chi connectivity index (χ0) is 16.1. The number of para-hydroxylation sites is 1. The standard InChI is InChI=1S/C18H24N4O/c1-14-13-17(21-18(20-14)22-11-5-6-12-22)19-10-9-15-7-3-4-8-16(15)23-2/h3-4,7-8,13H,5-6,9-12H2,1-2H3,(H,19,20,21). The highest BCUT2D eigenvalue weighted by Gasteiger charge is 2.15. The molecule has 1 aromatic heterocycles. The average molecular weight is 312 g/mol. The van der Waals surface area contributed by atoms with Gasteiger partial charge < -0.3 is 15.0 Å². The molecular weight excluding hydrogens is 288 g/mol. The lowest BCUT2D eigenvalue weighted by Gasteiger charge is -2.17. The summed E-state index contributed by atoms with van der Waals surface area (Å²) in [5.74, 6) is 2.68. The van der Waals surface area contributed by atoms with E-state index < -0.39 is 0 Å². The van der Waals surface area contributed by atoms with Crippen molar-refractivity contribution in [2.24, 2.45) is 0 Å². The highest BCUT2D eigenvalue weighted by molar-refractivity contribution is 5.44. The van der Waals surface area contributed by atoms with Crippen LogP contribution in [-0.4, -0.2) is 36.7 Å². The van der Waals surface area contributed by atoms with Crippen molar-refractivity contribution in [1.82, 2.24) is 9.97 Å². The molecule has 1 aliphatic rings. The lowest BCUT2D eigenvalue weighted by molar-refractivity contribution is 0.410. The molecule has 0 saturated carbocycles. The average Bonchev–Trinajstić information content (AvgIpc) is 3.09. The van der Waals surface area contributed by atoms with E-state index in [1.807, 2.05) is 31.2 Å². The number of hydrogen-bond acceptors (Lipinski definition) is 5. The van der Waals surface area contributed by atoms with Crippen molar-refractivity contribution in [1.29, 1.82) is 0 Å². The normalized spacial score (nSPS) is 14.1. The first-order valence-corrected chi connectivity index (χ1v) is 8.22. The second kappa shape index (κ2) is 7.31. The van der Waals surface area contributed by atoms with Gasteiger partial charge in [-0.15, -0.1) is 0 Å². The van der Waals surface area contributed by atoms with Gasteiger partial charge in [0.1, 0.15) is 11.6 Å². The summed E-state index contributed by atoms with van der Waals surface area (Å²) in [7, 11) is 1.71. The highest BCUT2D eigenvalue weighted by Crippen LogP contribution is 2.20. The van der Waals surface area contributed by atoms with Crippen LogP contribution in [-0.2, 0) is 6.42 Å². The molecule has 2 heterocycles. The summed E-state index contributed by atoms with van der Waals surface area (Å²) in [6.07, 6.45) is 3.36. The summed E-state index contributed by atoms with van der Waals surface area (Å²) in [5.41, 5.74) is 2.20. The summed E-state index contributed by atoms with van der Waals surface area (Å²) >= 11 is 0. The zero-order valence-electron chi connectivity index (χ0n) is 13.9. The van der Waals surface area contributed by atoms with Crippen LogP contribution in [0.15, 0.2) is 30.3 Å². The van der Waals surface area contributed by atoms with Crippen molar-refractivity contribution in [3.63, 3.8) is 0 Å². The third kappa shape index (κ3) is 3.92. The molecule has 0 bridgehead atoms. The van der Waals surface area contributed by atoms with Crippen molar-refractivity contribution >= 4 is 11.8 Å². The van der Waals surface area contributed by atoms with E-state index >= 15 is 0 Å². The van der Waals surface area contributed by atoms with Crippen LogP contribution in [0.2, 0.25) is 0 Å². The summed E-state index contributed by atoms with van der Waals surface area (Å²) in [5, 5.41) is 3.42. The molecule has 1 aromatic carbocycles. The molecule has 23 heavy (non-hydrogen) atoms. The molecule has 5 heteroatoms. The lowest BCUT2D eigenvalue weighted by Crippen LogP contribution is -2.21. The van der Waals surface area contributed by atoms with Crippen LogP contribution in [0.25, 0.3) is 0 Å². The maximum atomic E-state index is 5.39. The highest BCUT2D eigenvalue weighted by atomic mass is 16.5. The van der Waals surface area contributed by atoms with Crippen LogP contribution in [0.4, 0.5) is 11.8 Å². The van der Waals surface area contributed by atoms with Crippen molar-refractivity contribution in [2.45, 2.75) is 26.2 Å². The maximum absolute atomic E-state index is 5.39. The molecular formula is C18H24N4O. The van der Waals surface area contributed by atoms with Gasteiger partial charge in [-0.1, -0.05) is 18.2 Å². The predicted molar refractivity (Wildman–Crippen MR) is 93.4 cm³/mol. The number of methoxy groups -OCH3 is 1. The van der Waals surface area contributed by atoms with E-state index in [4.69, 9.17) is 4.74 Å². The molecule has 5 nitrogen and oxygen atoms in total. The number of aromatic nitrogens is 2. The maximum Gasteiger partial charge on any atom is 0.227 e. The molecule has 1 aliphatic heterocycles. The van der Waals surface area contributed by atoms with Crippen LogP contribution in [0.3, 0.4) is 0 Å². The molecule has 0 radical (unpaired) electrons. The van der Waals surface area contributed by atoms with Gasteiger partial charge in [0.2, 0.25) is 5.95 Å². The minimum absolute atomic E-state index is 0.816. The van der Waals surface area contributed by atoms with Crippen LogP contribution in [0.5, 0.6) is 5.75 Å². The Bertz CT molecular complexity index is 653. The van der Waals surface area contributed by atoms with E-state index in [-0.39, 0.29) is 0 Å². The van der Waals surface area contributed by atoms with Crippen LogP contribution in [0, 0.1) is 6.92 Å². The molecule has 2 aromatic rings. The molecule has 1 N–H and O–H groups in total. The van der Waals surface area contributed by atoms with Crippen LogP contribution in [0.1, 0.15) is 24.1 Å². The molecule has 3 rings (SSSR count). The van der Waals surface area contributed by atoms with Crippen molar-refractivity contribution in [2.75, 3.05) is 37.0 Å². The molecule has 0 atom stereocenters. The van der Waals surface area contributed by atoms with Crippen molar-refractivity contribution in [3.05, 3.63) is 41.6 Å². The summed E-state index contributed by atoms with van der Waals surface area (Å²) in [6.45, 7) is 4.96. The molecule has 1 saturated heterocycles. The van der Waals surface area contributed by atoms with Gasteiger partial charge in [-0.2, -0.15) is 4.98 Å². The number of nitrogens with one attached hydrogen (secondary N) is 1. The van der Waals surface area contributed by atoms with Crippen LogP contribution >= 0.6 is 0 Å². The number of ether oxygens (including phenoxy) is 1. The van der Waals surface area contributed by atoms with Crippen molar-refractivity contribution in [3.8, 4) is 5.75 Å². The van der Waals surface area contributed by atoms with Crippen molar-refractivity contribution < 1.29 is 4.74 Å². The van der Waals surface area contributed by atoms with Gasteiger partial charge in [0.15, 0.2) is 0 Å². The number of anilines is 2. The Hall–Kier alpha value is -2.30. The monoisotopic (exact) mass is 312 g/mol. The third-order valence-electron chi connectivity index (χ3n) is 4.12. The zero-order valence-corrected chi connectivity index (χ0v) is 13.9. The van der Waals surface area contributed by atoms with Gasteiger partial charge in [0.25, 0.3) is 0 Å². The van der Waals surface area contributed by atoms with E-state index in [9.17, 15) is 0 Å². The molecule has 0 spiro atoms. The fraction of sp³-hybridized carbons (Fsp3) is 0.444. The molecule has 0 aliphatic carbocycles. The first kappa shape index (κ1) is 15.6. The van der Waals surface area contributed by atoms with E-state index in [1.165, 1.54) is 18.4 Å². The largest absolute Gasteiger partial charge is 0.496 e. The number of nitrogens with zero attached hydrogens (tertiary/aromatic N) is 3. The number of benzene rings is 1. The third-order valence-corrected chi connectivity index (χ3v) is 4.12. The first-order valence-electron chi connectivity index (χ1n) is 8.22. The Kier molecular flexibility index (Phi) is 4.95. The second-order valence-electron chi connectivity index (χ2n) is 5.88. The fourth-order valence-corrected chi connectivity index (χ4v) is 2.94. The minimum atomic E-state index is 0.816. The Labute approximate surface area is 137 Å². The molecule has 1 fully saturated rings.